The number of methoxy groups -OCH3 is 2. The second kappa shape index (κ2) is 8.37. The molecule has 28 heavy (non-hydrogen) atoms. The zero-order valence-corrected chi connectivity index (χ0v) is 15.7. The minimum absolute atomic E-state index is 0.206. The number of hydrogen-bond acceptors (Lipinski definition) is 4. The molecular weight excluding hydrogens is 368 g/mol. The monoisotopic (exact) mass is 389 g/mol. The van der Waals surface area contributed by atoms with Gasteiger partial charge in [-0.15, -0.1) is 0 Å². The number of carbonyl (C=O) groups is 2. The quantitative estimate of drug-likeness (QED) is 0.732. The summed E-state index contributed by atoms with van der Waals surface area (Å²) in [6, 6.07) is 7.82. The summed E-state index contributed by atoms with van der Waals surface area (Å²) >= 11 is 0. The van der Waals surface area contributed by atoms with Crippen LogP contribution in [0.1, 0.15) is 33.6 Å². The van der Waals surface area contributed by atoms with Crippen LogP contribution in [-0.2, 0) is 0 Å². The third-order valence-electron chi connectivity index (χ3n) is 4.99. The van der Waals surface area contributed by atoms with Crippen molar-refractivity contribution >= 4 is 11.7 Å². The molecule has 0 spiro atoms. The summed E-state index contributed by atoms with van der Waals surface area (Å²) in [6.07, 6.45) is 0.776. The van der Waals surface area contributed by atoms with Gasteiger partial charge in [-0.25, -0.2) is 8.78 Å². The van der Waals surface area contributed by atoms with Gasteiger partial charge in [0.05, 0.1) is 25.3 Å². The third-order valence-corrected chi connectivity index (χ3v) is 4.99. The van der Waals surface area contributed by atoms with E-state index in [1.807, 2.05) is 0 Å². The summed E-state index contributed by atoms with van der Waals surface area (Å²) < 4.78 is 37.7. The number of halogens is 2. The number of nitrogens with zero attached hydrogens (tertiary/aromatic N) is 1. The van der Waals surface area contributed by atoms with Gasteiger partial charge in [0.1, 0.15) is 23.1 Å². The molecule has 0 radical (unpaired) electrons. The Balaban J connectivity index is 1.69. The Labute approximate surface area is 161 Å². The molecule has 1 saturated heterocycles. The number of likely N-dealkylation sites (tertiary alicyclic amines) is 1. The lowest BCUT2D eigenvalue weighted by atomic mass is 9.88. The zero-order chi connectivity index (χ0) is 20.3. The fraction of sp³-hybridized carbons (Fsp3) is 0.333. The van der Waals surface area contributed by atoms with Gasteiger partial charge >= 0.3 is 0 Å². The lowest BCUT2D eigenvalue weighted by Crippen LogP contribution is -2.40. The molecule has 0 N–H and O–H groups in total. The molecule has 7 heteroatoms. The Hall–Kier alpha value is -2.96. The second-order valence-electron chi connectivity index (χ2n) is 6.62. The van der Waals surface area contributed by atoms with Crippen LogP contribution in [0.4, 0.5) is 8.78 Å². The number of ketones is 1. The molecule has 3 rings (SSSR count). The van der Waals surface area contributed by atoms with Crippen molar-refractivity contribution in [3.05, 3.63) is 59.2 Å². The van der Waals surface area contributed by atoms with Crippen LogP contribution < -0.4 is 9.47 Å². The first-order chi connectivity index (χ1) is 13.4. The first-order valence-corrected chi connectivity index (χ1v) is 8.95. The summed E-state index contributed by atoms with van der Waals surface area (Å²) in [7, 11) is 3.00. The van der Waals surface area contributed by atoms with Gasteiger partial charge in [0.15, 0.2) is 5.78 Å². The van der Waals surface area contributed by atoms with E-state index in [1.165, 1.54) is 14.2 Å². The minimum atomic E-state index is -0.729. The Morgan fingerprint density at radius 2 is 1.68 bits per heavy atom. The van der Waals surface area contributed by atoms with Crippen LogP contribution in [0.3, 0.4) is 0 Å². The van der Waals surface area contributed by atoms with Gasteiger partial charge < -0.3 is 14.4 Å². The normalized spacial score (nSPS) is 14.6. The molecule has 0 aliphatic carbocycles. The van der Waals surface area contributed by atoms with Gasteiger partial charge in [-0.3, -0.25) is 9.59 Å². The summed E-state index contributed by atoms with van der Waals surface area (Å²) in [4.78, 5) is 27.0. The van der Waals surface area contributed by atoms with Crippen molar-refractivity contribution in [1.82, 2.24) is 4.90 Å². The van der Waals surface area contributed by atoms with Gasteiger partial charge in [-0.05, 0) is 43.2 Å². The average molecular weight is 389 g/mol. The molecule has 1 heterocycles. The molecule has 2 aromatic rings. The number of rotatable bonds is 5. The molecule has 1 fully saturated rings. The lowest BCUT2D eigenvalue weighted by Gasteiger charge is -2.31. The number of Topliss-reactive ketones (excluding diaryl/α,β-unsaturated/α-hetero) is 1. The molecule has 0 unspecified atom stereocenters. The molecular formula is C21H21F2NO4. The fourth-order valence-electron chi connectivity index (χ4n) is 3.40. The summed E-state index contributed by atoms with van der Waals surface area (Å²) in [5, 5.41) is 0. The van der Waals surface area contributed by atoms with E-state index in [0.29, 0.717) is 43.0 Å². The van der Waals surface area contributed by atoms with E-state index >= 15 is 0 Å². The van der Waals surface area contributed by atoms with E-state index in [0.717, 1.165) is 18.2 Å². The molecule has 0 atom stereocenters. The predicted octanol–water partition coefficient (Wildman–Crippen LogP) is 3.72. The molecule has 2 aromatic carbocycles. The van der Waals surface area contributed by atoms with E-state index in [-0.39, 0.29) is 11.5 Å². The number of carbonyl (C=O) groups excluding carboxylic acids is 2. The van der Waals surface area contributed by atoms with Crippen LogP contribution in [-0.4, -0.2) is 43.9 Å². The van der Waals surface area contributed by atoms with Crippen molar-refractivity contribution in [1.29, 1.82) is 0 Å². The van der Waals surface area contributed by atoms with Crippen LogP contribution in [0.2, 0.25) is 0 Å². The lowest BCUT2D eigenvalue weighted by molar-refractivity contribution is 0.0646. The number of ether oxygens (including phenoxy) is 2. The van der Waals surface area contributed by atoms with E-state index in [9.17, 15) is 18.4 Å². The molecule has 0 aromatic heterocycles. The number of benzene rings is 2. The molecule has 1 aliphatic rings. The molecule has 148 valence electrons. The molecule has 0 saturated carbocycles. The van der Waals surface area contributed by atoms with Gasteiger partial charge in [-0.1, -0.05) is 0 Å². The van der Waals surface area contributed by atoms with E-state index in [4.69, 9.17) is 9.47 Å². The average Bonchev–Trinajstić information content (AvgIpc) is 2.74. The highest BCUT2D eigenvalue weighted by molar-refractivity contribution is 5.99. The van der Waals surface area contributed by atoms with Crippen molar-refractivity contribution in [2.24, 2.45) is 5.92 Å². The van der Waals surface area contributed by atoms with Crippen LogP contribution in [0.15, 0.2) is 36.4 Å². The third kappa shape index (κ3) is 3.98. The maximum absolute atomic E-state index is 13.9. The van der Waals surface area contributed by atoms with Crippen molar-refractivity contribution in [2.45, 2.75) is 12.8 Å². The smallest absolute Gasteiger partial charge is 0.257 e. The maximum Gasteiger partial charge on any atom is 0.257 e. The minimum Gasteiger partial charge on any atom is -0.497 e. The number of hydrogen-bond donors (Lipinski definition) is 0. The first-order valence-electron chi connectivity index (χ1n) is 8.95. The van der Waals surface area contributed by atoms with E-state index in [2.05, 4.69) is 0 Å². The second-order valence-corrected chi connectivity index (χ2v) is 6.62. The van der Waals surface area contributed by atoms with Crippen LogP contribution >= 0.6 is 0 Å². The Kier molecular flexibility index (Phi) is 5.92. The molecule has 1 aliphatic heterocycles. The Morgan fingerprint density at radius 1 is 0.964 bits per heavy atom. The van der Waals surface area contributed by atoms with E-state index < -0.39 is 23.3 Å². The number of amides is 1. The van der Waals surface area contributed by atoms with Crippen molar-refractivity contribution < 1.29 is 27.8 Å². The SMILES string of the molecule is COc1ccc(C(=O)N2CCC(C(=O)c3cc(F)ccc3F)CC2)c(OC)c1. The topological polar surface area (TPSA) is 55.8 Å². The molecule has 0 bridgehead atoms. The Bertz CT molecular complexity index is 892. The van der Waals surface area contributed by atoms with Gasteiger partial charge in [-0.2, -0.15) is 0 Å². The zero-order valence-electron chi connectivity index (χ0n) is 15.7. The van der Waals surface area contributed by atoms with Gasteiger partial charge in [0.2, 0.25) is 0 Å². The van der Waals surface area contributed by atoms with Gasteiger partial charge in [0, 0.05) is 25.1 Å². The standard InChI is InChI=1S/C21H21F2NO4/c1-27-15-4-5-16(19(12-15)28-2)21(26)24-9-7-13(8-10-24)20(25)17-11-14(22)3-6-18(17)23/h3-6,11-13H,7-10H2,1-2H3. The van der Waals surface area contributed by atoms with Crippen LogP contribution in [0.5, 0.6) is 11.5 Å². The van der Waals surface area contributed by atoms with Gasteiger partial charge in [0.25, 0.3) is 5.91 Å². The van der Waals surface area contributed by atoms with Crippen molar-refractivity contribution in [3.8, 4) is 11.5 Å². The molecule has 1 amide bonds. The van der Waals surface area contributed by atoms with Crippen molar-refractivity contribution in [2.75, 3.05) is 27.3 Å². The summed E-state index contributed by atoms with van der Waals surface area (Å²) in [6.45, 7) is 0.697. The first kappa shape index (κ1) is 19.8. The summed E-state index contributed by atoms with van der Waals surface area (Å²) in [5.74, 6) is -1.47. The summed E-state index contributed by atoms with van der Waals surface area (Å²) in [5.41, 5.74) is 0.172. The maximum atomic E-state index is 13.9. The fourth-order valence-corrected chi connectivity index (χ4v) is 3.40. The predicted molar refractivity (Wildman–Crippen MR) is 98.9 cm³/mol. The largest absolute Gasteiger partial charge is 0.497 e. The highest BCUT2D eigenvalue weighted by Gasteiger charge is 2.30. The number of piperidine rings is 1. The molecule has 5 nitrogen and oxygen atoms in total. The van der Waals surface area contributed by atoms with Crippen LogP contribution in [0, 0.1) is 17.6 Å². The van der Waals surface area contributed by atoms with Crippen molar-refractivity contribution in [3.63, 3.8) is 0 Å². The highest BCUT2D eigenvalue weighted by atomic mass is 19.1. The van der Waals surface area contributed by atoms with Crippen LogP contribution in [0.25, 0.3) is 0 Å². The van der Waals surface area contributed by atoms with E-state index in [1.54, 1.807) is 23.1 Å². The Morgan fingerprint density at radius 3 is 2.32 bits per heavy atom. The highest BCUT2D eigenvalue weighted by Crippen LogP contribution is 2.29.